The Morgan fingerprint density at radius 3 is 2.76 bits per heavy atom. The van der Waals surface area contributed by atoms with E-state index in [4.69, 9.17) is 4.74 Å². The number of benzene rings is 1. The van der Waals surface area contributed by atoms with E-state index in [1.165, 1.54) is 5.56 Å². The van der Waals surface area contributed by atoms with Gasteiger partial charge < -0.3 is 19.7 Å². The maximum Gasteiger partial charge on any atom is 0.120 e. The van der Waals surface area contributed by atoms with E-state index in [1.807, 2.05) is 55.9 Å². The largest absolute Gasteiger partial charge is 0.491 e. The summed E-state index contributed by atoms with van der Waals surface area (Å²) in [5, 5.41) is 13.5. The average molecular weight is 288 g/mol. The van der Waals surface area contributed by atoms with Gasteiger partial charge in [0.05, 0.1) is 12.2 Å². The van der Waals surface area contributed by atoms with Crippen molar-refractivity contribution in [2.24, 2.45) is 7.05 Å². The Morgan fingerprint density at radius 2 is 2.10 bits per heavy atom. The first kappa shape index (κ1) is 15.6. The van der Waals surface area contributed by atoms with Crippen LogP contribution in [-0.4, -0.2) is 22.3 Å². The first-order chi connectivity index (χ1) is 10.0. The molecule has 0 fully saturated rings. The van der Waals surface area contributed by atoms with Crippen LogP contribution in [0, 0.1) is 0 Å². The minimum absolute atomic E-state index is 0.133. The van der Waals surface area contributed by atoms with Gasteiger partial charge in [0.25, 0.3) is 0 Å². The van der Waals surface area contributed by atoms with E-state index in [9.17, 15) is 5.11 Å². The normalized spacial score (nSPS) is 12.6. The van der Waals surface area contributed by atoms with Gasteiger partial charge in [-0.15, -0.1) is 0 Å². The second kappa shape index (κ2) is 7.29. The molecule has 1 atom stereocenters. The summed E-state index contributed by atoms with van der Waals surface area (Å²) in [4.78, 5) is 0. The lowest BCUT2D eigenvalue weighted by Gasteiger charge is -2.15. The molecule has 0 aliphatic carbocycles. The molecule has 0 amide bonds. The molecule has 0 saturated heterocycles. The van der Waals surface area contributed by atoms with Gasteiger partial charge in [0.15, 0.2) is 0 Å². The molecule has 0 aliphatic heterocycles. The van der Waals surface area contributed by atoms with Crippen molar-refractivity contribution in [2.45, 2.75) is 32.6 Å². The summed E-state index contributed by atoms with van der Waals surface area (Å²) in [6.07, 6.45) is 3.68. The van der Waals surface area contributed by atoms with Crippen molar-refractivity contribution < 1.29 is 9.84 Å². The van der Waals surface area contributed by atoms with Crippen LogP contribution < -0.4 is 10.1 Å². The summed E-state index contributed by atoms with van der Waals surface area (Å²) in [6, 6.07) is 9.70. The fourth-order valence-corrected chi connectivity index (χ4v) is 2.20. The first-order valence-electron chi connectivity index (χ1n) is 7.31. The zero-order chi connectivity index (χ0) is 15.2. The summed E-state index contributed by atoms with van der Waals surface area (Å²) >= 11 is 0. The molecule has 2 rings (SSSR count). The summed E-state index contributed by atoms with van der Waals surface area (Å²) < 4.78 is 7.66. The summed E-state index contributed by atoms with van der Waals surface area (Å²) in [5.41, 5.74) is 2.08. The molecule has 0 radical (unpaired) electrons. The van der Waals surface area contributed by atoms with Gasteiger partial charge in [0.2, 0.25) is 0 Å². The number of hydrogen-bond acceptors (Lipinski definition) is 3. The zero-order valence-corrected chi connectivity index (χ0v) is 12.9. The van der Waals surface area contributed by atoms with Gasteiger partial charge in [0.1, 0.15) is 5.75 Å². The van der Waals surface area contributed by atoms with Crippen LogP contribution in [-0.2, 0) is 13.6 Å². The minimum Gasteiger partial charge on any atom is -0.491 e. The molecule has 21 heavy (non-hydrogen) atoms. The lowest BCUT2D eigenvalue weighted by molar-refractivity contribution is 0.173. The van der Waals surface area contributed by atoms with Crippen LogP contribution in [0.5, 0.6) is 5.75 Å². The standard InChI is InChI=1S/C17H24N2O2/c1-13(2)21-16-6-4-5-15(9-16)17(20)11-18-10-14-7-8-19(3)12-14/h4-9,12-13,17-18,20H,10-11H2,1-3H3. The van der Waals surface area contributed by atoms with E-state index in [1.54, 1.807) is 0 Å². The van der Waals surface area contributed by atoms with Crippen LogP contribution in [0.4, 0.5) is 0 Å². The Balaban J connectivity index is 1.86. The van der Waals surface area contributed by atoms with Crippen molar-refractivity contribution in [1.82, 2.24) is 9.88 Å². The maximum atomic E-state index is 10.2. The average Bonchev–Trinajstić information content (AvgIpc) is 2.84. The number of ether oxygens (including phenoxy) is 1. The third-order valence-corrected chi connectivity index (χ3v) is 3.17. The highest BCUT2D eigenvalue weighted by Gasteiger charge is 2.09. The molecule has 1 aromatic carbocycles. The monoisotopic (exact) mass is 288 g/mol. The third kappa shape index (κ3) is 4.92. The fraction of sp³-hybridized carbons (Fsp3) is 0.412. The molecule has 1 aromatic heterocycles. The zero-order valence-electron chi connectivity index (χ0n) is 12.9. The molecule has 0 aliphatic rings. The molecule has 114 valence electrons. The van der Waals surface area contributed by atoms with Crippen LogP contribution in [0.15, 0.2) is 42.7 Å². The number of aliphatic hydroxyl groups is 1. The van der Waals surface area contributed by atoms with Gasteiger partial charge in [-0.3, -0.25) is 0 Å². The minimum atomic E-state index is -0.538. The van der Waals surface area contributed by atoms with Crippen molar-refractivity contribution in [2.75, 3.05) is 6.54 Å². The lowest BCUT2D eigenvalue weighted by atomic mass is 10.1. The predicted octanol–water partition coefficient (Wildman–Crippen LogP) is 2.64. The highest BCUT2D eigenvalue weighted by atomic mass is 16.5. The van der Waals surface area contributed by atoms with Crippen molar-refractivity contribution in [3.8, 4) is 5.75 Å². The third-order valence-electron chi connectivity index (χ3n) is 3.17. The Hall–Kier alpha value is -1.78. The SMILES string of the molecule is CC(C)Oc1cccc(C(O)CNCc2ccn(C)c2)c1. The number of aliphatic hydroxyl groups excluding tert-OH is 1. The molecule has 4 nitrogen and oxygen atoms in total. The van der Waals surface area contributed by atoms with Crippen LogP contribution in [0.2, 0.25) is 0 Å². The summed E-state index contributed by atoms with van der Waals surface area (Å²) in [7, 11) is 2.00. The van der Waals surface area contributed by atoms with Crippen molar-refractivity contribution in [1.29, 1.82) is 0 Å². The molecule has 0 bridgehead atoms. The Bertz CT molecular complexity index is 563. The second-order valence-electron chi connectivity index (χ2n) is 5.57. The number of nitrogens with one attached hydrogen (secondary N) is 1. The number of aromatic nitrogens is 1. The Morgan fingerprint density at radius 1 is 1.29 bits per heavy atom. The topological polar surface area (TPSA) is 46.4 Å². The highest BCUT2D eigenvalue weighted by molar-refractivity contribution is 5.30. The molecular formula is C17H24N2O2. The molecule has 0 saturated carbocycles. The number of rotatable bonds is 7. The highest BCUT2D eigenvalue weighted by Crippen LogP contribution is 2.20. The van der Waals surface area contributed by atoms with Crippen LogP contribution in [0.3, 0.4) is 0 Å². The molecule has 2 aromatic rings. The van der Waals surface area contributed by atoms with Crippen molar-refractivity contribution >= 4 is 0 Å². The lowest BCUT2D eigenvalue weighted by Crippen LogP contribution is -2.21. The van der Waals surface area contributed by atoms with Crippen LogP contribution in [0.1, 0.15) is 31.1 Å². The molecular weight excluding hydrogens is 264 g/mol. The number of hydrogen-bond donors (Lipinski definition) is 2. The first-order valence-corrected chi connectivity index (χ1v) is 7.31. The molecule has 1 unspecified atom stereocenters. The summed E-state index contributed by atoms with van der Waals surface area (Å²) in [6.45, 7) is 5.25. The van der Waals surface area contributed by atoms with Gasteiger partial charge >= 0.3 is 0 Å². The van der Waals surface area contributed by atoms with E-state index in [0.717, 1.165) is 17.9 Å². The predicted molar refractivity (Wildman–Crippen MR) is 84.3 cm³/mol. The number of aryl methyl sites for hydroxylation is 1. The van der Waals surface area contributed by atoms with Crippen LogP contribution >= 0.6 is 0 Å². The van der Waals surface area contributed by atoms with Gasteiger partial charge in [0, 0.05) is 32.5 Å². The van der Waals surface area contributed by atoms with Crippen molar-refractivity contribution in [3.05, 3.63) is 53.9 Å². The van der Waals surface area contributed by atoms with Gasteiger partial charge in [-0.2, -0.15) is 0 Å². The van der Waals surface area contributed by atoms with E-state index in [-0.39, 0.29) is 6.10 Å². The van der Waals surface area contributed by atoms with Gasteiger partial charge in [-0.1, -0.05) is 12.1 Å². The second-order valence-corrected chi connectivity index (χ2v) is 5.57. The molecule has 2 N–H and O–H groups in total. The fourth-order valence-electron chi connectivity index (χ4n) is 2.20. The quantitative estimate of drug-likeness (QED) is 0.823. The molecule has 4 heteroatoms. The smallest absolute Gasteiger partial charge is 0.120 e. The van der Waals surface area contributed by atoms with Crippen LogP contribution in [0.25, 0.3) is 0 Å². The Kier molecular flexibility index (Phi) is 5.42. The van der Waals surface area contributed by atoms with Gasteiger partial charge in [-0.25, -0.2) is 0 Å². The number of nitrogens with zero attached hydrogens (tertiary/aromatic N) is 1. The van der Waals surface area contributed by atoms with E-state index >= 15 is 0 Å². The summed E-state index contributed by atoms with van der Waals surface area (Å²) in [5.74, 6) is 0.796. The van der Waals surface area contributed by atoms with E-state index in [0.29, 0.717) is 6.54 Å². The van der Waals surface area contributed by atoms with Crippen molar-refractivity contribution in [3.63, 3.8) is 0 Å². The van der Waals surface area contributed by atoms with E-state index < -0.39 is 6.10 Å². The molecule has 0 spiro atoms. The Labute approximate surface area is 126 Å². The maximum absolute atomic E-state index is 10.2. The van der Waals surface area contributed by atoms with Gasteiger partial charge in [-0.05, 0) is 43.2 Å². The van der Waals surface area contributed by atoms with E-state index in [2.05, 4.69) is 17.6 Å². The molecule has 1 heterocycles.